The maximum atomic E-state index is 5.61. The fourth-order valence-corrected chi connectivity index (χ4v) is 0.764. The molecule has 0 spiro atoms. The van der Waals surface area contributed by atoms with Crippen LogP contribution in [0, 0.1) is 0 Å². The molecule has 1 heterocycles. The molecule has 0 unspecified atom stereocenters. The normalized spacial score (nSPS) is 8.60. The maximum absolute atomic E-state index is 5.61. The first-order valence-corrected chi connectivity index (χ1v) is 3.00. The molecule has 4 heteroatoms. The molecule has 0 radical (unpaired) electrons. The SMILES string of the molecule is Cl.NCc1cncc(Cl)c1. The molecule has 0 amide bonds. The summed E-state index contributed by atoms with van der Waals surface area (Å²) in [6.45, 7) is 0.494. The van der Waals surface area contributed by atoms with E-state index < -0.39 is 0 Å². The van der Waals surface area contributed by atoms with Crippen molar-refractivity contribution < 1.29 is 0 Å². The van der Waals surface area contributed by atoms with Crippen LogP contribution in [0.3, 0.4) is 0 Å². The molecular weight excluding hydrogens is 171 g/mol. The molecule has 1 aromatic heterocycles. The van der Waals surface area contributed by atoms with Gasteiger partial charge in [-0.1, -0.05) is 11.6 Å². The second-order valence-corrected chi connectivity index (χ2v) is 2.15. The number of aromatic nitrogens is 1. The van der Waals surface area contributed by atoms with Crippen LogP contribution < -0.4 is 5.73 Å². The Morgan fingerprint density at radius 3 is 2.60 bits per heavy atom. The van der Waals surface area contributed by atoms with Gasteiger partial charge >= 0.3 is 0 Å². The highest BCUT2D eigenvalue weighted by atomic mass is 35.5. The van der Waals surface area contributed by atoms with Crippen LogP contribution in [0.2, 0.25) is 5.02 Å². The second kappa shape index (κ2) is 4.50. The molecule has 56 valence electrons. The van der Waals surface area contributed by atoms with Gasteiger partial charge in [0.2, 0.25) is 0 Å². The van der Waals surface area contributed by atoms with Gasteiger partial charge in [0.15, 0.2) is 0 Å². The fourth-order valence-electron chi connectivity index (χ4n) is 0.567. The minimum Gasteiger partial charge on any atom is -0.326 e. The van der Waals surface area contributed by atoms with Gasteiger partial charge in [-0.05, 0) is 11.6 Å². The molecule has 0 fully saturated rings. The van der Waals surface area contributed by atoms with E-state index in [9.17, 15) is 0 Å². The van der Waals surface area contributed by atoms with Crippen molar-refractivity contribution in [3.8, 4) is 0 Å². The van der Waals surface area contributed by atoms with Crippen LogP contribution in [0.1, 0.15) is 5.56 Å². The summed E-state index contributed by atoms with van der Waals surface area (Å²) in [5, 5.41) is 0.637. The molecule has 1 rings (SSSR count). The monoisotopic (exact) mass is 178 g/mol. The summed E-state index contributed by atoms with van der Waals surface area (Å²) in [7, 11) is 0. The Labute approximate surface area is 70.8 Å². The molecule has 0 saturated heterocycles. The lowest BCUT2D eigenvalue weighted by atomic mass is 10.3. The highest BCUT2D eigenvalue weighted by Gasteiger charge is 1.88. The molecule has 2 N–H and O–H groups in total. The van der Waals surface area contributed by atoms with Gasteiger partial charge in [0.25, 0.3) is 0 Å². The Balaban J connectivity index is 0.000000810. The molecular formula is C6H8Cl2N2. The first kappa shape index (κ1) is 9.69. The Morgan fingerprint density at radius 2 is 2.20 bits per heavy atom. The lowest BCUT2D eigenvalue weighted by molar-refractivity contribution is 1.05. The number of rotatable bonds is 1. The van der Waals surface area contributed by atoms with Crippen LogP contribution in [0.25, 0.3) is 0 Å². The molecule has 0 aliphatic rings. The Hall–Kier alpha value is -0.310. The molecule has 0 atom stereocenters. The van der Waals surface area contributed by atoms with Crippen LogP contribution in [0.4, 0.5) is 0 Å². The summed E-state index contributed by atoms with van der Waals surface area (Å²) in [6, 6.07) is 1.80. The number of pyridine rings is 1. The Kier molecular flexibility index (Phi) is 4.36. The van der Waals surface area contributed by atoms with Crippen LogP contribution >= 0.6 is 24.0 Å². The quantitative estimate of drug-likeness (QED) is 0.711. The largest absolute Gasteiger partial charge is 0.326 e. The summed E-state index contributed by atoms with van der Waals surface area (Å²) in [5.41, 5.74) is 6.28. The minimum absolute atomic E-state index is 0. The van der Waals surface area contributed by atoms with E-state index in [1.54, 1.807) is 18.5 Å². The highest BCUT2D eigenvalue weighted by Crippen LogP contribution is 2.06. The summed E-state index contributed by atoms with van der Waals surface area (Å²) in [6.07, 6.45) is 3.28. The van der Waals surface area contributed by atoms with E-state index >= 15 is 0 Å². The molecule has 0 saturated carbocycles. The summed E-state index contributed by atoms with van der Waals surface area (Å²) >= 11 is 5.61. The van der Waals surface area contributed by atoms with Crippen molar-refractivity contribution in [2.45, 2.75) is 6.54 Å². The predicted molar refractivity (Wildman–Crippen MR) is 44.4 cm³/mol. The van der Waals surface area contributed by atoms with Gasteiger partial charge in [0.05, 0.1) is 5.02 Å². The zero-order valence-electron chi connectivity index (χ0n) is 5.25. The lowest BCUT2D eigenvalue weighted by Crippen LogP contribution is -1.95. The lowest BCUT2D eigenvalue weighted by Gasteiger charge is -1.93. The standard InChI is InChI=1S/C6H7ClN2.ClH/c7-6-1-5(2-8)3-9-4-6;/h1,3-4H,2,8H2;1H. The summed E-state index contributed by atoms with van der Waals surface area (Å²) < 4.78 is 0. The van der Waals surface area contributed by atoms with Crippen LogP contribution in [-0.4, -0.2) is 4.98 Å². The Morgan fingerprint density at radius 1 is 1.50 bits per heavy atom. The first-order valence-electron chi connectivity index (χ1n) is 2.62. The van der Waals surface area contributed by atoms with E-state index in [4.69, 9.17) is 17.3 Å². The van der Waals surface area contributed by atoms with Crippen molar-refractivity contribution in [2.75, 3.05) is 0 Å². The highest BCUT2D eigenvalue weighted by molar-refractivity contribution is 6.30. The van der Waals surface area contributed by atoms with E-state index in [0.717, 1.165) is 5.56 Å². The van der Waals surface area contributed by atoms with Crippen molar-refractivity contribution in [1.82, 2.24) is 4.98 Å². The third-order valence-corrected chi connectivity index (χ3v) is 1.20. The average molecular weight is 179 g/mol. The van der Waals surface area contributed by atoms with Gasteiger partial charge in [-0.2, -0.15) is 0 Å². The van der Waals surface area contributed by atoms with Crippen molar-refractivity contribution in [3.05, 3.63) is 29.0 Å². The third kappa shape index (κ3) is 2.52. The summed E-state index contributed by atoms with van der Waals surface area (Å²) in [5.74, 6) is 0. The van der Waals surface area contributed by atoms with E-state index in [1.165, 1.54) is 0 Å². The number of nitrogens with two attached hydrogens (primary N) is 1. The predicted octanol–water partition coefficient (Wildman–Crippen LogP) is 1.62. The van der Waals surface area contributed by atoms with Crippen molar-refractivity contribution in [2.24, 2.45) is 5.73 Å². The third-order valence-electron chi connectivity index (χ3n) is 0.997. The van der Waals surface area contributed by atoms with E-state index in [1.807, 2.05) is 0 Å². The average Bonchev–Trinajstić information content (AvgIpc) is 1.88. The summed E-state index contributed by atoms with van der Waals surface area (Å²) in [4.78, 5) is 3.84. The van der Waals surface area contributed by atoms with Gasteiger partial charge in [0, 0.05) is 18.9 Å². The Bertz CT molecular complexity index is 203. The van der Waals surface area contributed by atoms with Gasteiger partial charge in [-0.25, -0.2) is 0 Å². The molecule has 0 aliphatic heterocycles. The molecule has 2 nitrogen and oxygen atoms in total. The molecule has 1 aromatic rings. The zero-order chi connectivity index (χ0) is 6.69. The van der Waals surface area contributed by atoms with Gasteiger partial charge in [-0.3, -0.25) is 4.98 Å². The zero-order valence-corrected chi connectivity index (χ0v) is 6.82. The van der Waals surface area contributed by atoms with Crippen LogP contribution in [0.5, 0.6) is 0 Å². The topological polar surface area (TPSA) is 38.9 Å². The van der Waals surface area contributed by atoms with Crippen molar-refractivity contribution >= 4 is 24.0 Å². The minimum atomic E-state index is 0. The van der Waals surface area contributed by atoms with Crippen molar-refractivity contribution in [1.29, 1.82) is 0 Å². The second-order valence-electron chi connectivity index (χ2n) is 1.72. The number of nitrogens with zero attached hydrogens (tertiary/aromatic N) is 1. The van der Waals surface area contributed by atoms with Gasteiger partial charge < -0.3 is 5.73 Å². The van der Waals surface area contributed by atoms with Crippen molar-refractivity contribution in [3.63, 3.8) is 0 Å². The van der Waals surface area contributed by atoms with E-state index in [0.29, 0.717) is 11.6 Å². The van der Waals surface area contributed by atoms with Gasteiger partial charge in [-0.15, -0.1) is 12.4 Å². The van der Waals surface area contributed by atoms with E-state index in [-0.39, 0.29) is 12.4 Å². The fraction of sp³-hybridized carbons (Fsp3) is 0.167. The smallest absolute Gasteiger partial charge is 0.0592 e. The molecule has 0 aromatic carbocycles. The van der Waals surface area contributed by atoms with Crippen LogP contribution in [0.15, 0.2) is 18.5 Å². The number of hydrogen-bond donors (Lipinski definition) is 1. The van der Waals surface area contributed by atoms with Gasteiger partial charge in [0.1, 0.15) is 0 Å². The number of hydrogen-bond acceptors (Lipinski definition) is 2. The molecule has 0 bridgehead atoms. The maximum Gasteiger partial charge on any atom is 0.0592 e. The number of halogens is 2. The first-order chi connectivity index (χ1) is 4.33. The molecule has 10 heavy (non-hydrogen) atoms. The van der Waals surface area contributed by atoms with E-state index in [2.05, 4.69) is 4.98 Å². The molecule has 0 aliphatic carbocycles. The van der Waals surface area contributed by atoms with Crippen LogP contribution in [-0.2, 0) is 6.54 Å².